The number of nitrogens with zero attached hydrogens (tertiary/aromatic N) is 1. The highest BCUT2D eigenvalue weighted by Gasteiger charge is 2.22. The fourth-order valence-corrected chi connectivity index (χ4v) is 4.77. The van der Waals surface area contributed by atoms with Crippen LogP contribution in [0, 0.1) is 0 Å². The monoisotopic (exact) mass is 463 g/mol. The molecule has 0 fully saturated rings. The van der Waals surface area contributed by atoms with Gasteiger partial charge in [0.25, 0.3) is 0 Å². The molecule has 3 aromatic carbocycles. The number of thiocarbonyl (C=S) groups is 1. The molecule has 3 aromatic rings. The molecule has 0 spiro atoms. The number of carbonyl (C=O) groups excluding carboxylic acids is 1. The maximum Gasteiger partial charge on any atom is 0.237 e. The first-order valence-corrected chi connectivity index (χ1v) is 11.9. The zero-order chi connectivity index (χ0) is 22.3. The first-order chi connectivity index (χ1) is 15.6. The molecule has 4 rings (SSSR count). The third kappa shape index (κ3) is 5.41. The number of fused-ring (bicyclic) bond motifs is 1. The van der Waals surface area contributed by atoms with Crippen LogP contribution >= 0.6 is 24.0 Å². The molecule has 0 aliphatic carbocycles. The number of ether oxygens (including phenoxy) is 1. The van der Waals surface area contributed by atoms with E-state index in [1.165, 1.54) is 17.3 Å². The molecule has 0 unspecified atom stereocenters. The number of aryl methyl sites for hydroxylation is 1. The van der Waals surface area contributed by atoms with E-state index in [-0.39, 0.29) is 5.91 Å². The van der Waals surface area contributed by atoms with E-state index in [0.29, 0.717) is 10.9 Å². The zero-order valence-corrected chi connectivity index (χ0v) is 19.5. The van der Waals surface area contributed by atoms with Crippen molar-refractivity contribution in [2.24, 2.45) is 0 Å². The molecule has 0 aromatic heterocycles. The first-order valence-electron chi connectivity index (χ1n) is 10.5. The van der Waals surface area contributed by atoms with Crippen LogP contribution in [0.2, 0.25) is 0 Å². The minimum absolute atomic E-state index is 0.133. The Kier molecular flexibility index (Phi) is 7.29. The van der Waals surface area contributed by atoms with Crippen molar-refractivity contribution < 1.29 is 9.53 Å². The lowest BCUT2D eigenvalue weighted by Crippen LogP contribution is -2.36. The Hall–Kier alpha value is -3.03. The SMILES string of the molecule is COc1ccccc1NC(=S)Nc1cccc(SCC(=O)N2CCCc3ccccc32)c1. The van der Waals surface area contributed by atoms with Gasteiger partial charge in [0, 0.05) is 22.8 Å². The van der Waals surface area contributed by atoms with E-state index < -0.39 is 0 Å². The van der Waals surface area contributed by atoms with Gasteiger partial charge in [0.2, 0.25) is 5.91 Å². The molecule has 1 amide bonds. The Bertz CT molecular complexity index is 1120. The van der Waals surface area contributed by atoms with Gasteiger partial charge in [-0.3, -0.25) is 4.79 Å². The second-order valence-corrected chi connectivity index (χ2v) is 8.83. The molecule has 0 radical (unpaired) electrons. The van der Waals surface area contributed by atoms with Gasteiger partial charge in [-0.2, -0.15) is 0 Å². The molecule has 7 heteroatoms. The Morgan fingerprint density at radius 1 is 1.06 bits per heavy atom. The predicted octanol–water partition coefficient (Wildman–Crippen LogP) is 5.58. The molecular formula is C25H25N3O2S2. The normalized spacial score (nSPS) is 12.6. The van der Waals surface area contributed by atoms with Gasteiger partial charge >= 0.3 is 0 Å². The molecule has 164 valence electrons. The number of benzene rings is 3. The van der Waals surface area contributed by atoms with Crippen LogP contribution in [0.25, 0.3) is 0 Å². The Morgan fingerprint density at radius 2 is 1.88 bits per heavy atom. The number of hydrogen-bond acceptors (Lipinski definition) is 4. The van der Waals surface area contributed by atoms with Crippen molar-refractivity contribution in [3.8, 4) is 5.75 Å². The molecule has 1 heterocycles. The van der Waals surface area contributed by atoms with Gasteiger partial charge in [0.05, 0.1) is 18.6 Å². The fraction of sp³-hybridized carbons (Fsp3) is 0.200. The summed E-state index contributed by atoms with van der Waals surface area (Å²) in [7, 11) is 1.63. The highest BCUT2D eigenvalue weighted by Crippen LogP contribution is 2.29. The quantitative estimate of drug-likeness (QED) is 0.368. The predicted molar refractivity (Wildman–Crippen MR) is 137 cm³/mol. The van der Waals surface area contributed by atoms with Gasteiger partial charge in [0.15, 0.2) is 5.11 Å². The van der Waals surface area contributed by atoms with E-state index in [1.807, 2.05) is 71.6 Å². The van der Waals surface area contributed by atoms with Crippen molar-refractivity contribution in [1.29, 1.82) is 0 Å². The number of methoxy groups -OCH3 is 1. The first kappa shape index (κ1) is 22.2. The smallest absolute Gasteiger partial charge is 0.237 e. The average Bonchev–Trinajstić information content (AvgIpc) is 2.82. The Labute approximate surface area is 198 Å². The molecule has 0 saturated carbocycles. The molecule has 0 bridgehead atoms. The molecule has 1 aliphatic heterocycles. The third-order valence-corrected chi connectivity index (χ3v) is 6.40. The van der Waals surface area contributed by atoms with Gasteiger partial charge in [-0.1, -0.05) is 36.4 Å². The molecule has 5 nitrogen and oxygen atoms in total. The number of para-hydroxylation sites is 3. The maximum atomic E-state index is 12.9. The molecule has 0 saturated heterocycles. The summed E-state index contributed by atoms with van der Waals surface area (Å²) in [4.78, 5) is 15.8. The lowest BCUT2D eigenvalue weighted by atomic mass is 10.0. The number of nitrogens with one attached hydrogen (secondary N) is 2. The van der Waals surface area contributed by atoms with Gasteiger partial charge < -0.3 is 20.3 Å². The van der Waals surface area contributed by atoms with Gasteiger partial charge in [0.1, 0.15) is 5.75 Å². The summed E-state index contributed by atoms with van der Waals surface area (Å²) in [5.74, 6) is 1.24. The number of hydrogen-bond donors (Lipinski definition) is 2. The third-order valence-electron chi connectivity index (χ3n) is 5.22. The Morgan fingerprint density at radius 3 is 2.75 bits per heavy atom. The lowest BCUT2D eigenvalue weighted by molar-refractivity contribution is -0.116. The van der Waals surface area contributed by atoms with E-state index in [4.69, 9.17) is 17.0 Å². The number of thioether (sulfide) groups is 1. The van der Waals surface area contributed by atoms with Crippen molar-refractivity contribution in [1.82, 2.24) is 0 Å². The second-order valence-electron chi connectivity index (χ2n) is 7.37. The van der Waals surface area contributed by atoms with Crippen molar-refractivity contribution in [2.75, 3.05) is 34.9 Å². The van der Waals surface area contributed by atoms with Crippen LogP contribution in [0.15, 0.2) is 77.7 Å². The van der Waals surface area contributed by atoms with Crippen LogP contribution in [0.5, 0.6) is 5.75 Å². The van der Waals surface area contributed by atoms with Gasteiger partial charge in [-0.05, 0) is 67.0 Å². The minimum atomic E-state index is 0.133. The topological polar surface area (TPSA) is 53.6 Å². The number of amides is 1. The van der Waals surface area contributed by atoms with E-state index >= 15 is 0 Å². The lowest BCUT2D eigenvalue weighted by Gasteiger charge is -2.29. The van der Waals surface area contributed by atoms with Crippen LogP contribution in [0.4, 0.5) is 17.1 Å². The standard InChI is InChI=1S/C25H25N3O2S2/c1-30-23-14-5-3-12-21(23)27-25(31)26-19-10-6-11-20(16-19)32-17-24(29)28-15-7-9-18-8-2-4-13-22(18)28/h2-6,8,10-14,16H,7,9,15,17H2,1H3,(H2,26,27,31). The number of anilines is 3. The van der Waals surface area contributed by atoms with Gasteiger partial charge in [-0.15, -0.1) is 11.8 Å². The fourth-order valence-electron chi connectivity index (χ4n) is 3.71. The van der Waals surface area contributed by atoms with Crippen LogP contribution in [-0.2, 0) is 11.2 Å². The van der Waals surface area contributed by atoms with Crippen molar-refractivity contribution in [3.05, 3.63) is 78.4 Å². The summed E-state index contributed by atoms with van der Waals surface area (Å²) in [6, 6.07) is 23.7. The second kappa shape index (κ2) is 10.5. The summed E-state index contributed by atoms with van der Waals surface area (Å²) < 4.78 is 5.35. The summed E-state index contributed by atoms with van der Waals surface area (Å²) in [5.41, 5.74) is 3.95. The van der Waals surface area contributed by atoms with Gasteiger partial charge in [-0.25, -0.2) is 0 Å². The summed E-state index contributed by atoms with van der Waals surface area (Å²) >= 11 is 6.99. The van der Waals surface area contributed by atoms with Crippen LogP contribution in [0.3, 0.4) is 0 Å². The van der Waals surface area contributed by atoms with Crippen LogP contribution in [0.1, 0.15) is 12.0 Å². The molecule has 1 aliphatic rings. The van der Waals surface area contributed by atoms with E-state index in [0.717, 1.165) is 47.1 Å². The van der Waals surface area contributed by atoms with E-state index in [2.05, 4.69) is 16.7 Å². The van der Waals surface area contributed by atoms with E-state index in [9.17, 15) is 4.79 Å². The van der Waals surface area contributed by atoms with Crippen LogP contribution in [-0.4, -0.2) is 30.4 Å². The highest BCUT2D eigenvalue weighted by molar-refractivity contribution is 8.00. The highest BCUT2D eigenvalue weighted by atomic mass is 32.2. The summed E-state index contributed by atoms with van der Waals surface area (Å²) in [6.07, 6.45) is 2.03. The number of rotatable bonds is 6. The number of carbonyl (C=O) groups is 1. The average molecular weight is 464 g/mol. The van der Waals surface area contributed by atoms with Crippen molar-refractivity contribution in [3.63, 3.8) is 0 Å². The zero-order valence-electron chi connectivity index (χ0n) is 17.8. The van der Waals surface area contributed by atoms with E-state index in [1.54, 1.807) is 7.11 Å². The summed E-state index contributed by atoms with van der Waals surface area (Å²) in [6.45, 7) is 0.779. The minimum Gasteiger partial charge on any atom is -0.495 e. The largest absolute Gasteiger partial charge is 0.495 e. The molecule has 32 heavy (non-hydrogen) atoms. The Balaban J connectivity index is 1.35. The van der Waals surface area contributed by atoms with Crippen molar-refractivity contribution in [2.45, 2.75) is 17.7 Å². The summed E-state index contributed by atoms with van der Waals surface area (Å²) in [5, 5.41) is 6.83. The molecular weight excluding hydrogens is 438 g/mol. The molecule has 0 atom stereocenters. The van der Waals surface area contributed by atoms with Crippen LogP contribution < -0.4 is 20.3 Å². The maximum absolute atomic E-state index is 12.9. The molecule has 2 N–H and O–H groups in total. The van der Waals surface area contributed by atoms with Crippen molar-refractivity contribution >= 4 is 52.1 Å².